The number of halogens is 1. The molecule has 0 saturated carbocycles. The van der Waals surface area contributed by atoms with Gasteiger partial charge in [0.25, 0.3) is 0 Å². The number of hydrogen-bond acceptors (Lipinski definition) is 3. The number of benzene rings is 1. The van der Waals surface area contributed by atoms with Crippen LogP contribution in [0.1, 0.15) is 39.2 Å². The molecule has 0 atom stereocenters. The van der Waals surface area contributed by atoms with Crippen molar-refractivity contribution in [3.63, 3.8) is 0 Å². The van der Waals surface area contributed by atoms with E-state index in [-0.39, 0.29) is 18.2 Å². The van der Waals surface area contributed by atoms with Crippen LogP contribution in [0.2, 0.25) is 5.02 Å². The smallest absolute Gasteiger partial charge is 0.243 e. The Balaban J connectivity index is 2.24. The number of carbonyl (C=O) groups excluding carboxylic acids is 2. The average molecular weight is 327 g/mol. The van der Waals surface area contributed by atoms with Crippen molar-refractivity contribution in [2.24, 2.45) is 5.41 Å². The van der Waals surface area contributed by atoms with Crippen molar-refractivity contribution in [1.82, 2.24) is 10.9 Å². The molecule has 0 heterocycles. The largest absolute Gasteiger partial charge is 0.493 e. The van der Waals surface area contributed by atoms with Crippen molar-refractivity contribution >= 4 is 23.4 Å². The Morgan fingerprint density at radius 3 is 2.50 bits per heavy atom. The third-order valence-corrected chi connectivity index (χ3v) is 3.17. The fourth-order valence-corrected chi connectivity index (χ4v) is 1.79. The maximum atomic E-state index is 11.6. The Morgan fingerprint density at radius 2 is 1.91 bits per heavy atom. The molecule has 0 aromatic heterocycles. The van der Waals surface area contributed by atoms with Gasteiger partial charge in [0.05, 0.1) is 6.61 Å². The first-order chi connectivity index (χ1) is 10.2. The second-order valence-electron chi connectivity index (χ2n) is 6.11. The summed E-state index contributed by atoms with van der Waals surface area (Å²) in [6.07, 6.45) is 0.830. The lowest BCUT2D eigenvalue weighted by Crippen LogP contribution is -2.46. The van der Waals surface area contributed by atoms with E-state index < -0.39 is 5.41 Å². The van der Waals surface area contributed by atoms with E-state index in [1.165, 1.54) is 0 Å². The third-order valence-electron chi connectivity index (χ3n) is 2.94. The molecule has 0 aliphatic rings. The molecule has 1 aromatic rings. The zero-order valence-corrected chi connectivity index (χ0v) is 14.2. The number of ether oxygens (including phenoxy) is 1. The maximum Gasteiger partial charge on any atom is 0.243 e. The van der Waals surface area contributed by atoms with E-state index in [4.69, 9.17) is 16.3 Å². The molecule has 2 amide bonds. The van der Waals surface area contributed by atoms with Crippen LogP contribution in [0.3, 0.4) is 0 Å². The second-order valence-corrected chi connectivity index (χ2v) is 6.55. The first kappa shape index (κ1) is 18.3. The van der Waals surface area contributed by atoms with E-state index in [1.807, 2.05) is 13.0 Å². The summed E-state index contributed by atoms with van der Waals surface area (Å²) in [5.41, 5.74) is 5.21. The molecule has 0 aliphatic carbocycles. The summed E-state index contributed by atoms with van der Waals surface area (Å²) < 4.78 is 5.60. The molecule has 0 spiro atoms. The fraction of sp³-hybridized carbons (Fsp3) is 0.500. The highest BCUT2D eigenvalue weighted by molar-refractivity contribution is 6.30. The van der Waals surface area contributed by atoms with Gasteiger partial charge in [0, 0.05) is 16.9 Å². The van der Waals surface area contributed by atoms with Gasteiger partial charge in [-0.05, 0) is 37.1 Å². The van der Waals surface area contributed by atoms with Crippen molar-refractivity contribution in [3.05, 3.63) is 28.8 Å². The monoisotopic (exact) mass is 326 g/mol. The van der Waals surface area contributed by atoms with Crippen molar-refractivity contribution in [2.45, 2.75) is 40.5 Å². The Morgan fingerprint density at radius 1 is 1.23 bits per heavy atom. The fourth-order valence-electron chi connectivity index (χ4n) is 1.57. The van der Waals surface area contributed by atoms with Crippen LogP contribution in [0.25, 0.3) is 0 Å². The molecular weight excluding hydrogens is 304 g/mol. The molecule has 0 bridgehead atoms. The highest BCUT2D eigenvalue weighted by atomic mass is 35.5. The van der Waals surface area contributed by atoms with Crippen molar-refractivity contribution in [2.75, 3.05) is 6.61 Å². The quantitative estimate of drug-likeness (QED) is 0.645. The van der Waals surface area contributed by atoms with E-state index in [9.17, 15) is 9.59 Å². The Hall–Kier alpha value is -1.75. The van der Waals surface area contributed by atoms with Gasteiger partial charge in [-0.25, -0.2) is 0 Å². The van der Waals surface area contributed by atoms with Crippen molar-refractivity contribution < 1.29 is 14.3 Å². The standard InChI is InChI=1S/C16H23ClN2O3/c1-11-10-12(17)7-8-13(11)22-9-5-6-14(20)18-19-15(21)16(2,3)4/h7-8,10H,5-6,9H2,1-4H3,(H,18,20)(H,19,21). The maximum absolute atomic E-state index is 11.6. The summed E-state index contributed by atoms with van der Waals surface area (Å²) in [7, 11) is 0. The van der Waals surface area contributed by atoms with Crippen molar-refractivity contribution in [1.29, 1.82) is 0 Å². The average Bonchev–Trinajstić information content (AvgIpc) is 2.41. The minimum absolute atomic E-state index is 0.228. The lowest BCUT2D eigenvalue weighted by atomic mass is 9.96. The van der Waals surface area contributed by atoms with E-state index in [0.717, 1.165) is 11.3 Å². The number of aryl methyl sites for hydroxylation is 1. The second kappa shape index (κ2) is 8.03. The number of hydrogen-bond donors (Lipinski definition) is 2. The Kier molecular flexibility index (Phi) is 6.68. The zero-order valence-electron chi connectivity index (χ0n) is 13.5. The van der Waals surface area contributed by atoms with Gasteiger partial charge < -0.3 is 4.74 Å². The lowest BCUT2D eigenvalue weighted by Gasteiger charge is -2.17. The molecule has 122 valence electrons. The Bertz CT molecular complexity index is 539. The van der Waals surface area contributed by atoms with Gasteiger partial charge in [0.1, 0.15) is 5.75 Å². The molecule has 0 radical (unpaired) electrons. The summed E-state index contributed by atoms with van der Waals surface area (Å²) in [6.45, 7) is 7.66. The van der Waals surface area contributed by atoms with E-state index in [1.54, 1.807) is 32.9 Å². The van der Waals surface area contributed by atoms with Gasteiger partial charge >= 0.3 is 0 Å². The SMILES string of the molecule is Cc1cc(Cl)ccc1OCCCC(=O)NNC(=O)C(C)(C)C. The minimum Gasteiger partial charge on any atom is -0.493 e. The number of nitrogens with one attached hydrogen (secondary N) is 2. The summed E-state index contributed by atoms with van der Waals surface area (Å²) in [4.78, 5) is 23.2. The predicted molar refractivity (Wildman–Crippen MR) is 86.7 cm³/mol. The molecule has 1 aromatic carbocycles. The lowest BCUT2D eigenvalue weighted by molar-refractivity contribution is -0.133. The zero-order chi connectivity index (χ0) is 16.8. The van der Waals surface area contributed by atoms with Crippen LogP contribution < -0.4 is 15.6 Å². The van der Waals surface area contributed by atoms with E-state index >= 15 is 0 Å². The molecule has 0 aliphatic heterocycles. The molecule has 6 heteroatoms. The summed E-state index contributed by atoms with van der Waals surface area (Å²) in [5.74, 6) is 0.286. The highest BCUT2D eigenvalue weighted by Crippen LogP contribution is 2.21. The molecule has 22 heavy (non-hydrogen) atoms. The van der Waals surface area contributed by atoms with E-state index in [2.05, 4.69) is 10.9 Å². The number of amides is 2. The number of carbonyl (C=O) groups is 2. The van der Waals surface area contributed by atoms with Gasteiger partial charge in [-0.15, -0.1) is 0 Å². The van der Waals surface area contributed by atoms with Crippen LogP contribution in [0, 0.1) is 12.3 Å². The van der Waals surface area contributed by atoms with Gasteiger partial charge in [0.15, 0.2) is 0 Å². The van der Waals surface area contributed by atoms with Crippen LogP contribution in [0.15, 0.2) is 18.2 Å². The first-order valence-electron chi connectivity index (χ1n) is 7.18. The third kappa shape index (κ3) is 6.35. The predicted octanol–water partition coefficient (Wildman–Crippen LogP) is 3.00. The van der Waals surface area contributed by atoms with Gasteiger partial charge in [0.2, 0.25) is 11.8 Å². The van der Waals surface area contributed by atoms with Crippen LogP contribution in [-0.2, 0) is 9.59 Å². The molecule has 2 N–H and O–H groups in total. The topological polar surface area (TPSA) is 67.4 Å². The van der Waals surface area contributed by atoms with Crippen LogP contribution >= 0.6 is 11.6 Å². The first-order valence-corrected chi connectivity index (χ1v) is 7.56. The number of rotatable bonds is 5. The molecule has 1 rings (SSSR count). The summed E-state index contributed by atoms with van der Waals surface area (Å²) in [6, 6.07) is 5.39. The highest BCUT2D eigenvalue weighted by Gasteiger charge is 2.21. The molecule has 5 nitrogen and oxygen atoms in total. The van der Waals surface area contributed by atoms with E-state index in [0.29, 0.717) is 18.1 Å². The molecule has 0 saturated heterocycles. The van der Waals surface area contributed by atoms with Gasteiger partial charge in [-0.3, -0.25) is 20.4 Å². The minimum atomic E-state index is -0.539. The molecule has 0 fully saturated rings. The van der Waals surface area contributed by atoms with Crippen molar-refractivity contribution in [3.8, 4) is 5.75 Å². The number of hydrazine groups is 1. The molecular formula is C16H23ClN2O3. The van der Waals surface area contributed by atoms with Crippen LogP contribution in [0.5, 0.6) is 5.75 Å². The Labute approximate surface area is 136 Å². The van der Waals surface area contributed by atoms with Gasteiger partial charge in [-0.2, -0.15) is 0 Å². The summed E-state index contributed by atoms with van der Waals surface area (Å²) >= 11 is 5.87. The van der Waals surface area contributed by atoms with Crippen LogP contribution in [0.4, 0.5) is 0 Å². The normalized spacial score (nSPS) is 11.0. The van der Waals surface area contributed by atoms with Gasteiger partial charge in [-0.1, -0.05) is 32.4 Å². The molecule has 0 unspecified atom stereocenters. The summed E-state index contributed by atoms with van der Waals surface area (Å²) in [5, 5.41) is 0.666. The van der Waals surface area contributed by atoms with Crippen LogP contribution in [-0.4, -0.2) is 18.4 Å².